The third-order valence-corrected chi connectivity index (χ3v) is 4.64. The van der Waals surface area contributed by atoms with E-state index < -0.39 is 0 Å². The van der Waals surface area contributed by atoms with E-state index >= 15 is 0 Å². The Balaban J connectivity index is 0.00000225. The molecule has 1 fully saturated rings. The smallest absolute Gasteiger partial charge is 0.242 e. The number of ether oxygens (including phenoxy) is 1. The summed E-state index contributed by atoms with van der Waals surface area (Å²) in [5, 5.41) is 6.25. The van der Waals surface area contributed by atoms with Crippen molar-refractivity contribution in [1.82, 2.24) is 10.6 Å². The molecule has 0 spiro atoms. The monoisotopic (exact) mass is 458 g/mol. The van der Waals surface area contributed by atoms with E-state index in [1.165, 1.54) is 19.3 Å². The molecule has 1 aliphatic carbocycles. The van der Waals surface area contributed by atoms with Crippen LogP contribution in [-0.4, -0.2) is 31.1 Å². The van der Waals surface area contributed by atoms with Crippen LogP contribution in [0.3, 0.4) is 0 Å². The zero-order chi connectivity index (χ0) is 16.8. The Bertz CT molecular complexity index is 602. The van der Waals surface area contributed by atoms with Gasteiger partial charge in [-0.25, -0.2) is 4.99 Å². The van der Waals surface area contributed by atoms with E-state index in [0.717, 1.165) is 30.6 Å². The van der Waals surface area contributed by atoms with Crippen LogP contribution in [0.4, 0.5) is 0 Å². The van der Waals surface area contributed by atoms with E-state index in [-0.39, 0.29) is 42.5 Å². The van der Waals surface area contributed by atoms with Gasteiger partial charge in [-0.3, -0.25) is 4.79 Å². The van der Waals surface area contributed by atoms with Crippen LogP contribution in [0.1, 0.15) is 50.1 Å². The fraction of sp³-hybridized carbons (Fsp3) is 0.556. The molecule has 138 valence electrons. The Kier molecular flexibility index (Phi) is 7.80. The van der Waals surface area contributed by atoms with Crippen molar-refractivity contribution in [2.45, 2.75) is 50.6 Å². The van der Waals surface area contributed by atoms with Crippen LogP contribution in [0.25, 0.3) is 0 Å². The maximum absolute atomic E-state index is 12.2. The topological polar surface area (TPSA) is 88.7 Å². The second kappa shape index (κ2) is 9.84. The molecule has 3 rings (SSSR count). The van der Waals surface area contributed by atoms with E-state index in [4.69, 9.17) is 10.5 Å². The number of guanidine groups is 1. The van der Waals surface area contributed by atoms with Crippen molar-refractivity contribution >= 4 is 35.8 Å². The summed E-state index contributed by atoms with van der Waals surface area (Å²) in [6, 6.07) is 8.18. The van der Waals surface area contributed by atoms with Crippen LogP contribution in [-0.2, 0) is 4.79 Å². The second-order valence-electron chi connectivity index (χ2n) is 6.48. The number of amides is 1. The predicted octanol–water partition coefficient (Wildman–Crippen LogP) is 2.48. The SMILES string of the molecule is I.NC(=NCC(=O)NC1CCOc2ccccc21)NC1CCCCC1. The van der Waals surface area contributed by atoms with Crippen molar-refractivity contribution in [3.05, 3.63) is 29.8 Å². The van der Waals surface area contributed by atoms with Crippen LogP contribution in [0.15, 0.2) is 29.3 Å². The maximum Gasteiger partial charge on any atom is 0.242 e. The number of fused-ring (bicyclic) bond motifs is 1. The van der Waals surface area contributed by atoms with Crippen LogP contribution in [0.5, 0.6) is 5.75 Å². The van der Waals surface area contributed by atoms with Gasteiger partial charge in [-0.15, -0.1) is 24.0 Å². The molecule has 1 aliphatic heterocycles. The molecule has 1 aromatic carbocycles. The fourth-order valence-electron chi connectivity index (χ4n) is 3.39. The van der Waals surface area contributed by atoms with Crippen LogP contribution in [0, 0.1) is 0 Å². The molecule has 0 aromatic heterocycles. The maximum atomic E-state index is 12.2. The molecule has 25 heavy (non-hydrogen) atoms. The van der Waals surface area contributed by atoms with Crippen molar-refractivity contribution in [3.8, 4) is 5.75 Å². The van der Waals surface area contributed by atoms with Gasteiger partial charge >= 0.3 is 0 Å². The number of rotatable bonds is 4. The minimum absolute atomic E-state index is 0. The fourth-order valence-corrected chi connectivity index (χ4v) is 3.39. The second-order valence-corrected chi connectivity index (χ2v) is 6.48. The number of aliphatic imine (C=N–C) groups is 1. The number of carbonyl (C=O) groups excluding carboxylic acids is 1. The van der Waals surface area contributed by atoms with Crippen molar-refractivity contribution < 1.29 is 9.53 Å². The van der Waals surface area contributed by atoms with Crippen molar-refractivity contribution in [2.24, 2.45) is 10.7 Å². The normalized spacial score (nSPS) is 20.6. The van der Waals surface area contributed by atoms with E-state index in [9.17, 15) is 4.79 Å². The summed E-state index contributed by atoms with van der Waals surface area (Å²) in [6.07, 6.45) is 6.78. The van der Waals surface area contributed by atoms with Crippen molar-refractivity contribution in [2.75, 3.05) is 13.2 Å². The van der Waals surface area contributed by atoms with Gasteiger partial charge < -0.3 is 21.1 Å². The molecule has 1 amide bonds. The summed E-state index contributed by atoms with van der Waals surface area (Å²) >= 11 is 0. The van der Waals surface area contributed by atoms with Gasteiger partial charge in [0.05, 0.1) is 12.6 Å². The zero-order valence-electron chi connectivity index (χ0n) is 14.4. The molecular weight excluding hydrogens is 431 g/mol. The molecule has 1 heterocycles. The number of hydrogen-bond acceptors (Lipinski definition) is 3. The quantitative estimate of drug-likeness (QED) is 0.368. The molecule has 1 unspecified atom stereocenters. The van der Waals surface area contributed by atoms with Gasteiger partial charge in [-0.1, -0.05) is 37.5 Å². The number of hydrogen-bond donors (Lipinski definition) is 3. The highest BCUT2D eigenvalue weighted by atomic mass is 127. The Morgan fingerprint density at radius 2 is 1.92 bits per heavy atom. The average Bonchev–Trinajstić information content (AvgIpc) is 2.61. The Hall–Kier alpha value is -1.51. The highest BCUT2D eigenvalue weighted by Gasteiger charge is 2.22. The summed E-state index contributed by atoms with van der Waals surface area (Å²) in [5.41, 5.74) is 6.92. The molecule has 6 nitrogen and oxygen atoms in total. The first-order chi connectivity index (χ1) is 11.7. The number of para-hydroxylation sites is 1. The third-order valence-electron chi connectivity index (χ3n) is 4.64. The molecule has 7 heteroatoms. The van der Waals surface area contributed by atoms with Gasteiger partial charge in [0, 0.05) is 18.0 Å². The third kappa shape index (κ3) is 5.76. The average molecular weight is 458 g/mol. The Morgan fingerprint density at radius 3 is 2.72 bits per heavy atom. The Morgan fingerprint density at radius 1 is 1.16 bits per heavy atom. The van der Waals surface area contributed by atoms with Crippen LogP contribution in [0.2, 0.25) is 0 Å². The molecular formula is C18H27IN4O2. The summed E-state index contributed by atoms with van der Waals surface area (Å²) in [6.45, 7) is 0.654. The molecule has 4 N–H and O–H groups in total. The van der Waals surface area contributed by atoms with Gasteiger partial charge in [0.15, 0.2) is 5.96 Å². The minimum Gasteiger partial charge on any atom is -0.493 e. The van der Waals surface area contributed by atoms with Crippen LogP contribution < -0.4 is 21.1 Å². The number of benzene rings is 1. The lowest BCUT2D eigenvalue weighted by molar-refractivity contribution is -0.120. The lowest BCUT2D eigenvalue weighted by Crippen LogP contribution is -2.42. The molecule has 1 atom stereocenters. The molecule has 2 aliphatic rings. The van der Waals surface area contributed by atoms with Crippen molar-refractivity contribution in [3.63, 3.8) is 0 Å². The zero-order valence-corrected chi connectivity index (χ0v) is 16.7. The molecule has 1 saturated carbocycles. The standard InChI is InChI=1S/C18H26N4O2.HI/c19-18(21-13-6-2-1-3-7-13)20-12-17(23)22-15-10-11-24-16-9-5-4-8-14(15)16;/h4-5,8-9,13,15H,1-3,6-7,10-12H2,(H,22,23)(H3,19,20,21);1H. The predicted molar refractivity (Wildman–Crippen MR) is 109 cm³/mol. The molecule has 0 radical (unpaired) electrons. The first kappa shape index (κ1) is 19.8. The lowest BCUT2D eigenvalue weighted by Gasteiger charge is -2.26. The van der Waals surface area contributed by atoms with E-state index in [0.29, 0.717) is 18.6 Å². The summed E-state index contributed by atoms with van der Waals surface area (Å²) in [4.78, 5) is 16.4. The van der Waals surface area contributed by atoms with Gasteiger partial charge in [-0.2, -0.15) is 0 Å². The van der Waals surface area contributed by atoms with E-state index in [2.05, 4.69) is 15.6 Å². The number of nitrogens with one attached hydrogen (secondary N) is 2. The number of carbonyl (C=O) groups is 1. The van der Waals surface area contributed by atoms with Gasteiger partial charge in [0.1, 0.15) is 12.3 Å². The van der Waals surface area contributed by atoms with Crippen LogP contribution >= 0.6 is 24.0 Å². The first-order valence-electron chi connectivity index (χ1n) is 8.80. The van der Waals surface area contributed by atoms with Crippen molar-refractivity contribution in [1.29, 1.82) is 0 Å². The van der Waals surface area contributed by atoms with Gasteiger partial charge in [0.25, 0.3) is 0 Å². The van der Waals surface area contributed by atoms with Gasteiger partial charge in [-0.05, 0) is 18.9 Å². The number of nitrogens with zero attached hydrogens (tertiary/aromatic N) is 1. The molecule has 0 bridgehead atoms. The summed E-state index contributed by atoms with van der Waals surface area (Å²) < 4.78 is 5.61. The summed E-state index contributed by atoms with van der Waals surface area (Å²) in [7, 11) is 0. The highest BCUT2D eigenvalue weighted by Crippen LogP contribution is 2.31. The first-order valence-corrected chi connectivity index (χ1v) is 8.80. The number of nitrogens with two attached hydrogens (primary N) is 1. The minimum atomic E-state index is -0.120. The van der Waals surface area contributed by atoms with E-state index in [1.807, 2.05) is 24.3 Å². The van der Waals surface area contributed by atoms with E-state index in [1.54, 1.807) is 0 Å². The number of halogens is 1. The lowest BCUT2D eigenvalue weighted by atomic mass is 9.96. The van der Waals surface area contributed by atoms with Gasteiger partial charge in [0.2, 0.25) is 5.91 Å². The molecule has 0 saturated heterocycles. The Labute approximate surface area is 166 Å². The largest absolute Gasteiger partial charge is 0.493 e. The summed E-state index contributed by atoms with van der Waals surface area (Å²) in [5.74, 6) is 1.09. The molecule has 1 aromatic rings. The highest BCUT2D eigenvalue weighted by molar-refractivity contribution is 14.0.